The minimum atomic E-state index is -3.54. The Kier molecular flexibility index (Phi) is 5.93. The van der Waals surface area contributed by atoms with E-state index in [1.807, 2.05) is 13.0 Å². The number of nitrogens with one attached hydrogen (secondary N) is 1. The van der Waals surface area contributed by atoms with E-state index in [-0.39, 0.29) is 16.6 Å². The second-order valence-corrected chi connectivity index (χ2v) is 6.22. The average molecular weight is 281 g/mol. The molecule has 1 unspecified atom stereocenters. The van der Waals surface area contributed by atoms with Crippen LogP contribution in [0, 0.1) is 11.3 Å². The van der Waals surface area contributed by atoms with Gasteiger partial charge in [0.2, 0.25) is 10.0 Å². The molecule has 0 aliphatic heterocycles. The third-order valence-electron chi connectivity index (χ3n) is 2.76. The lowest BCUT2D eigenvalue weighted by molar-refractivity contribution is 0.527. The Morgan fingerprint density at radius 1 is 1.42 bits per heavy atom. The lowest BCUT2D eigenvalue weighted by atomic mass is 10.1. The smallest absolute Gasteiger partial charge is 0.242 e. The molecule has 1 N–H and O–H groups in total. The molecular weight excluding hydrogens is 262 g/mol. The van der Waals surface area contributed by atoms with Gasteiger partial charge in [-0.2, -0.15) is 5.26 Å². The number of sulfonamides is 1. The topological polar surface area (TPSA) is 82.9 Å². The number of rotatable bonds is 7. The van der Waals surface area contributed by atoms with Gasteiger partial charge in [-0.1, -0.05) is 26.2 Å². The highest BCUT2D eigenvalue weighted by Gasteiger charge is 2.17. The van der Waals surface area contributed by atoms with Crippen LogP contribution in [0.4, 0.5) is 0 Å². The lowest BCUT2D eigenvalue weighted by Gasteiger charge is -2.13. The van der Waals surface area contributed by atoms with Crippen LogP contribution in [0.25, 0.3) is 0 Å². The molecule has 0 aromatic carbocycles. The molecule has 0 spiro atoms. The zero-order valence-electron chi connectivity index (χ0n) is 11.3. The van der Waals surface area contributed by atoms with E-state index in [4.69, 9.17) is 5.26 Å². The molecule has 0 fully saturated rings. The second kappa shape index (κ2) is 7.22. The molecule has 19 heavy (non-hydrogen) atoms. The molecule has 0 bridgehead atoms. The van der Waals surface area contributed by atoms with Crippen molar-refractivity contribution >= 4 is 10.0 Å². The van der Waals surface area contributed by atoms with Gasteiger partial charge in [0.15, 0.2) is 0 Å². The van der Waals surface area contributed by atoms with Crippen LogP contribution >= 0.6 is 0 Å². The summed E-state index contributed by atoms with van der Waals surface area (Å²) in [6, 6.07) is 4.54. The van der Waals surface area contributed by atoms with Gasteiger partial charge in [0.25, 0.3) is 0 Å². The van der Waals surface area contributed by atoms with Crippen molar-refractivity contribution in [1.82, 2.24) is 9.71 Å². The lowest BCUT2D eigenvalue weighted by Crippen LogP contribution is -2.32. The predicted molar refractivity (Wildman–Crippen MR) is 72.9 cm³/mol. The maximum absolute atomic E-state index is 12.0. The number of nitriles is 1. The molecule has 0 saturated heterocycles. The van der Waals surface area contributed by atoms with Crippen LogP contribution in [0.3, 0.4) is 0 Å². The first-order valence-corrected chi connectivity index (χ1v) is 7.86. The van der Waals surface area contributed by atoms with Gasteiger partial charge in [0, 0.05) is 12.2 Å². The molecule has 0 aliphatic rings. The summed E-state index contributed by atoms with van der Waals surface area (Å²) in [4.78, 5) is 3.86. The summed E-state index contributed by atoms with van der Waals surface area (Å²) in [5, 5.41) is 8.62. The largest absolute Gasteiger partial charge is 0.244 e. The van der Waals surface area contributed by atoms with E-state index in [1.54, 1.807) is 0 Å². The Morgan fingerprint density at radius 2 is 2.16 bits per heavy atom. The van der Waals surface area contributed by atoms with Gasteiger partial charge >= 0.3 is 0 Å². The molecule has 1 rings (SSSR count). The highest BCUT2D eigenvalue weighted by molar-refractivity contribution is 7.89. The molecule has 1 aromatic rings. The SMILES string of the molecule is CCCCCC(C)NS(=O)(=O)c1ccc(C#N)nc1. The van der Waals surface area contributed by atoms with Crippen molar-refractivity contribution in [2.24, 2.45) is 0 Å². The van der Waals surface area contributed by atoms with Crippen molar-refractivity contribution in [2.75, 3.05) is 0 Å². The Bertz CT molecular complexity index is 532. The van der Waals surface area contributed by atoms with Gasteiger partial charge < -0.3 is 0 Å². The van der Waals surface area contributed by atoms with E-state index in [2.05, 4.69) is 16.6 Å². The average Bonchev–Trinajstić information content (AvgIpc) is 2.38. The number of pyridine rings is 1. The van der Waals surface area contributed by atoms with Gasteiger partial charge in [-0.05, 0) is 25.5 Å². The maximum atomic E-state index is 12.0. The van der Waals surface area contributed by atoms with Crippen LogP contribution in [0.15, 0.2) is 23.2 Å². The molecule has 1 heterocycles. The first kappa shape index (κ1) is 15.6. The quantitative estimate of drug-likeness (QED) is 0.777. The minimum absolute atomic E-state index is 0.0915. The normalized spacial score (nSPS) is 12.9. The van der Waals surface area contributed by atoms with E-state index in [0.29, 0.717) is 0 Å². The van der Waals surface area contributed by atoms with Crippen LogP contribution in [0.1, 0.15) is 45.2 Å². The van der Waals surface area contributed by atoms with Crippen LogP contribution in [-0.2, 0) is 10.0 Å². The van der Waals surface area contributed by atoms with Gasteiger partial charge in [-0.15, -0.1) is 0 Å². The number of nitrogens with zero attached hydrogens (tertiary/aromatic N) is 2. The van der Waals surface area contributed by atoms with Gasteiger partial charge in [-0.3, -0.25) is 0 Å². The monoisotopic (exact) mass is 281 g/mol. The molecule has 1 atom stereocenters. The van der Waals surface area contributed by atoms with Gasteiger partial charge in [0.1, 0.15) is 16.7 Å². The Balaban J connectivity index is 2.67. The maximum Gasteiger partial charge on any atom is 0.242 e. The summed E-state index contributed by atoms with van der Waals surface area (Å²) in [5.41, 5.74) is 0.204. The van der Waals surface area contributed by atoms with E-state index >= 15 is 0 Å². The van der Waals surface area contributed by atoms with Gasteiger partial charge in [0.05, 0.1) is 0 Å². The first-order valence-electron chi connectivity index (χ1n) is 6.38. The molecule has 0 radical (unpaired) electrons. The zero-order valence-corrected chi connectivity index (χ0v) is 12.1. The summed E-state index contributed by atoms with van der Waals surface area (Å²) in [5.74, 6) is 0. The van der Waals surface area contributed by atoms with Crippen molar-refractivity contribution in [3.05, 3.63) is 24.0 Å². The van der Waals surface area contributed by atoms with Crippen molar-refractivity contribution in [3.63, 3.8) is 0 Å². The predicted octanol–water partition coefficient (Wildman–Crippen LogP) is 2.20. The standard InChI is InChI=1S/C13H19N3O2S/c1-3-4-5-6-11(2)16-19(17,18)13-8-7-12(9-14)15-10-13/h7-8,10-11,16H,3-6H2,1-2H3. The molecule has 0 saturated carbocycles. The molecular formula is C13H19N3O2S. The van der Waals surface area contributed by atoms with Crippen LogP contribution in [0.5, 0.6) is 0 Å². The molecule has 5 nitrogen and oxygen atoms in total. The van der Waals surface area contributed by atoms with Crippen molar-refractivity contribution in [3.8, 4) is 6.07 Å². The van der Waals surface area contributed by atoms with E-state index in [9.17, 15) is 8.42 Å². The summed E-state index contributed by atoms with van der Waals surface area (Å²) >= 11 is 0. The fourth-order valence-electron chi connectivity index (χ4n) is 1.70. The summed E-state index contributed by atoms with van der Waals surface area (Å²) in [6.07, 6.45) is 5.24. The number of hydrogen-bond acceptors (Lipinski definition) is 4. The fraction of sp³-hybridized carbons (Fsp3) is 0.538. The van der Waals surface area contributed by atoms with Crippen molar-refractivity contribution in [2.45, 2.75) is 50.5 Å². The van der Waals surface area contributed by atoms with E-state index in [0.717, 1.165) is 25.7 Å². The van der Waals surface area contributed by atoms with Crippen LogP contribution < -0.4 is 4.72 Å². The minimum Gasteiger partial charge on any atom is -0.244 e. The number of hydrogen-bond donors (Lipinski definition) is 1. The highest BCUT2D eigenvalue weighted by atomic mass is 32.2. The zero-order chi connectivity index (χ0) is 14.3. The van der Waals surface area contributed by atoms with E-state index in [1.165, 1.54) is 18.3 Å². The van der Waals surface area contributed by atoms with E-state index < -0.39 is 10.0 Å². The highest BCUT2D eigenvalue weighted by Crippen LogP contribution is 2.10. The number of aromatic nitrogens is 1. The van der Waals surface area contributed by atoms with Gasteiger partial charge in [-0.25, -0.2) is 18.1 Å². The Morgan fingerprint density at radius 3 is 2.68 bits per heavy atom. The molecule has 0 aliphatic carbocycles. The molecule has 0 amide bonds. The summed E-state index contributed by atoms with van der Waals surface area (Å²) in [6.45, 7) is 3.96. The fourth-order valence-corrected chi connectivity index (χ4v) is 2.92. The van der Waals surface area contributed by atoms with Crippen molar-refractivity contribution < 1.29 is 8.42 Å². The molecule has 6 heteroatoms. The van der Waals surface area contributed by atoms with Crippen LogP contribution in [-0.4, -0.2) is 19.4 Å². The summed E-state index contributed by atoms with van der Waals surface area (Å²) in [7, 11) is -3.54. The third-order valence-corrected chi connectivity index (χ3v) is 4.33. The second-order valence-electron chi connectivity index (χ2n) is 4.51. The first-order chi connectivity index (χ1) is 8.99. The van der Waals surface area contributed by atoms with Crippen LogP contribution in [0.2, 0.25) is 0 Å². The summed E-state index contributed by atoms with van der Waals surface area (Å²) < 4.78 is 26.7. The molecule has 104 valence electrons. The number of unbranched alkanes of at least 4 members (excludes halogenated alkanes) is 2. The molecule has 1 aromatic heterocycles. The van der Waals surface area contributed by atoms with Crippen molar-refractivity contribution in [1.29, 1.82) is 5.26 Å². The Hall–Kier alpha value is -1.45. The Labute approximate surface area is 114 Å². The third kappa shape index (κ3) is 4.97.